The van der Waals surface area contributed by atoms with E-state index < -0.39 is 0 Å². The average Bonchev–Trinajstić information content (AvgIpc) is 2.67. The first-order valence-corrected chi connectivity index (χ1v) is 8.66. The Labute approximate surface area is 153 Å². The minimum atomic E-state index is -0.132. The lowest BCUT2D eigenvalue weighted by Gasteiger charge is -2.32. The molecule has 3 rings (SSSR count). The van der Waals surface area contributed by atoms with Crippen LogP contribution in [0.2, 0.25) is 0 Å². The van der Waals surface area contributed by atoms with Gasteiger partial charge in [0, 0.05) is 45.5 Å². The number of hydrogen-bond acceptors (Lipinski definition) is 5. The molecule has 0 radical (unpaired) electrons. The van der Waals surface area contributed by atoms with E-state index in [1.54, 1.807) is 22.9 Å². The molecule has 0 unspecified atom stereocenters. The van der Waals surface area contributed by atoms with Gasteiger partial charge >= 0.3 is 0 Å². The number of hydrogen-bond donors (Lipinski definition) is 0. The van der Waals surface area contributed by atoms with Gasteiger partial charge in [-0.15, -0.1) is 0 Å². The highest BCUT2D eigenvalue weighted by Gasteiger charge is 2.21. The third-order valence-corrected chi connectivity index (χ3v) is 4.42. The van der Waals surface area contributed by atoms with Gasteiger partial charge in [-0.25, -0.2) is 9.97 Å². The van der Waals surface area contributed by atoms with Crippen LogP contribution in [-0.2, 0) is 11.3 Å². The van der Waals surface area contributed by atoms with Gasteiger partial charge in [-0.05, 0) is 18.6 Å². The second kappa shape index (κ2) is 7.95. The lowest BCUT2D eigenvalue weighted by atomic mass is 10.2. The van der Waals surface area contributed by atoms with Crippen molar-refractivity contribution in [2.45, 2.75) is 13.5 Å². The predicted molar refractivity (Wildman–Crippen MR) is 98.9 cm³/mol. The van der Waals surface area contributed by atoms with Crippen molar-refractivity contribution >= 4 is 18.3 Å². The lowest BCUT2D eigenvalue weighted by Crippen LogP contribution is -2.46. The molecule has 0 aliphatic carbocycles. The van der Waals surface area contributed by atoms with E-state index in [1.165, 1.54) is 0 Å². The summed E-state index contributed by atoms with van der Waals surface area (Å²) < 4.78 is 0. The number of aromatic nitrogens is 2. The minimum Gasteiger partial charge on any atom is -0.342 e. The van der Waals surface area contributed by atoms with Crippen molar-refractivity contribution < 1.29 is 9.59 Å². The summed E-state index contributed by atoms with van der Waals surface area (Å²) in [5.74, 6) is 0.416. The van der Waals surface area contributed by atoms with Crippen LogP contribution in [0.1, 0.15) is 21.7 Å². The van der Waals surface area contributed by atoms with Crippen molar-refractivity contribution in [3.8, 4) is 0 Å². The summed E-state index contributed by atoms with van der Waals surface area (Å²) in [6.07, 6.45) is 0.863. The summed E-state index contributed by atoms with van der Waals surface area (Å²) in [5, 5.41) is 0. The fraction of sp³-hybridized carbons (Fsp3) is 0.368. The molecule has 1 aromatic carbocycles. The molecule has 7 heteroatoms. The van der Waals surface area contributed by atoms with E-state index in [0.717, 1.165) is 17.7 Å². The van der Waals surface area contributed by atoms with Gasteiger partial charge in [0.1, 0.15) is 5.69 Å². The summed E-state index contributed by atoms with van der Waals surface area (Å²) in [5.41, 5.74) is 2.22. The van der Waals surface area contributed by atoms with Gasteiger partial charge in [0.15, 0.2) is 0 Å². The van der Waals surface area contributed by atoms with E-state index in [9.17, 15) is 9.59 Å². The van der Waals surface area contributed by atoms with Crippen molar-refractivity contribution in [3.05, 3.63) is 53.3 Å². The van der Waals surface area contributed by atoms with E-state index in [2.05, 4.69) is 9.97 Å². The maximum absolute atomic E-state index is 12.8. The number of aryl methyl sites for hydroxylation is 1. The van der Waals surface area contributed by atoms with Crippen LogP contribution in [0.25, 0.3) is 0 Å². The normalized spacial score (nSPS) is 14.2. The molecule has 136 valence electrons. The molecule has 1 aliphatic heterocycles. The predicted octanol–water partition coefficient (Wildman–Crippen LogP) is 1.34. The summed E-state index contributed by atoms with van der Waals surface area (Å²) in [7, 11) is 1.77. The lowest BCUT2D eigenvalue weighted by molar-refractivity contribution is -0.118. The second-order valence-electron chi connectivity index (χ2n) is 6.47. The van der Waals surface area contributed by atoms with Crippen molar-refractivity contribution in [3.63, 3.8) is 0 Å². The van der Waals surface area contributed by atoms with Crippen LogP contribution >= 0.6 is 0 Å². The molecular formula is C19H23N5O2. The molecule has 0 N–H and O–H groups in total. The Hall–Kier alpha value is -2.96. The topological polar surface area (TPSA) is 69.6 Å². The van der Waals surface area contributed by atoms with E-state index >= 15 is 0 Å². The molecule has 2 amide bonds. The highest BCUT2D eigenvalue weighted by atomic mass is 16.2. The van der Waals surface area contributed by atoms with Crippen LogP contribution in [0.15, 0.2) is 36.4 Å². The summed E-state index contributed by atoms with van der Waals surface area (Å²) in [6.45, 7) is 4.98. The molecule has 0 spiro atoms. The SMILES string of the molecule is Cc1cc(C(=O)N(C)Cc2ccccc2)nc(N2CCN(C=O)CC2)n1. The first-order valence-electron chi connectivity index (χ1n) is 8.66. The minimum absolute atomic E-state index is 0.132. The Balaban J connectivity index is 1.74. The van der Waals surface area contributed by atoms with E-state index in [0.29, 0.717) is 44.4 Å². The summed E-state index contributed by atoms with van der Waals surface area (Å²) in [6, 6.07) is 11.6. The fourth-order valence-electron chi connectivity index (χ4n) is 2.96. The Kier molecular flexibility index (Phi) is 5.46. The van der Waals surface area contributed by atoms with Gasteiger partial charge in [0.05, 0.1) is 0 Å². The van der Waals surface area contributed by atoms with Gasteiger partial charge in [-0.3, -0.25) is 9.59 Å². The number of benzene rings is 1. The molecule has 7 nitrogen and oxygen atoms in total. The number of nitrogens with zero attached hydrogens (tertiary/aromatic N) is 5. The van der Waals surface area contributed by atoms with Crippen LogP contribution in [0.3, 0.4) is 0 Å². The number of carbonyl (C=O) groups is 2. The van der Waals surface area contributed by atoms with Gasteiger partial charge in [-0.1, -0.05) is 30.3 Å². The van der Waals surface area contributed by atoms with Crippen LogP contribution in [0.5, 0.6) is 0 Å². The molecule has 1 aliphatic rings. The zero-order valence-electron chi connectivity index (χ0n) is 15.1. The number of amides is 2. The standard InChI is InChI=1S/C19H23N5O2/c1-15-12-17(18(26)22(2)13-16-6-4-3-5-7-16)21-19(20-15)24-10-8-23(14-25)9-11-24/h3-7,12,14H,8-11,13H2,1-2H3. The van der Waals surface area contributed by atoms with Crippen LogP contribution in [0.4, 0.5) is 5.95 Å². The smallest absolute Gasteiger partial charge is 0.272 e. The Morgan fingerprint density at radius 2 is 1.85 bits per heavy atom. The Morgan fingerprint density at radius 3 is 2.50 bits per heavy atom. The molecular weight excluding hydrogens is 330 g/mol. The molecule has 0 bridgehead atoms. The third kappa shape index (κ3) is 4.17. The zero-order valence-corrected chi connectivity index (χ0v) is 15.1. The Bertz CT molecular complexity index is 773. The second-order valence-corrected chi connectivity index (χ2v) is 6.47. The van der Waals surface area contributed by atoms with Crippen molar-refractivity contribution in [2.75, 3.05) is 38.1 Å². The van der Waals surface area contributed by atoms with Crippen LogP contribution in [-0.4, -0.2) is 65.3 Å². The van der Waals surface area contributed by atoms with E-state index in [4.69, 9.17) is 0 Å². The molecule has 1 aromatic heterocycles. The molecule has 1 saturated heterocycles. The third-order valence-electron chi connectivity index (χ3n) is 4.42. The van der Waals surface area contributed by atoms with Gasteiger partial charge in [0.2, 0.25) is 12.4 Å². The number of piperazine rings is 1. The van der Waals surface area contributed by atoms with Gasteiger partial charge < -0.3 is 14.7 Å². The first kappa shape index (κ1) is 17.8. The molecule has 1 fully saturated rings. The number of anilines is 1. The van der Waals surface area contributed by atoms with Crippen molar-refractivity contribution in [2.24, 2.45) is 0 Å². The quantitative estimate of drug-likeness (QED) is 0.759. The van der Waals surface area contributed by atoms with E-state index in [-0.39, 0.29) is 5.91 Å². The molecule has 2 heterocycles. The Morgan fingerprint density at radius 1 is 1.15 bits per heavy atom. The van der Waals surface area contributed by atoms with Crippen molar-refractivity contribution in [1.82, 2.24) is 19.8 Å². The average molecular weight is 353 g/mol. The first-order chi connectivity index (χ1) is 12.6. The van der Waals surface area contributed by atoms with Gasteiger partial charge in [0.25, 0.3) is 5.91 Å². The molecule has 26 heavy (non-hydrogen) atoms. The highest BCUT2D eigenvalue weighted by molar-refractivity contribution is 5.92. The largest absolute Gasteiger partial charge is 0.342 e. The molecule has 0 atom stereocenters. The van der Waals surface area contributed by atoms with Crippen molar-refractivity contribution in [1.29, 1.82) is 0 Å². The summed E-state index contributed by atoms with van der Waals surface area (Å²) in [4.78, 5) is 38.0. The number of carbonyl (C=O) groups excluding carboxylic acids is 2. The summed E-state index contributed by atoms with van der Waals surface area (Å²) >= 11 is 0. The fourth-order valence-corrected chi connectivity index (χ4v) is 2.96. The molecule has 0 saturated carbocycles. The maximum Gasteiger partial charge on any atom is 0.272 e. The monoisotopic (exact) mass is 353 g/mol. The number of rotatable bonds is 5. The van der Waals surface area contributed by atoms with Gasteiger partial charge in [-0.2, -0.15) is 0 Å². The highest BCUT2D eigenvalue weighted by Crippen LogP contribution is 2.15. The zero-order chi connectivity index (χ0) is 18.5. The maximum atomic E-state index is 12.8. The van der Waals surface area contributed by atoms with Crippen LogP contribution in [0, 0.1) is 6.92 Å². The molecule has 2 aromatic rings. The van der Waals surface area contributed by atoms with E-state index in [1.807, 2.05) is 42.2 Å². The van der Waals surface area contributed by atoms with Crippen LogP contribution < -0.4 is 4.90 Å².